The molecule has 0 aliphatic carbocycles. The molecule has 2 aliphatic heterocycles. The predicted octanol–water partition coefficient (Wildman–Crippen LogP) is 2.44. The van der Waals surface area contributed by atoms with Crippen molar-refractivity contribution in [3.63, 3.8) is 0 Å². The summed E-state index contributed by atoms with van der Waals surface area (Å²) >= 11 is 0. The van der Waals surface area contributed by atoms with Gasteiger partial charge < -0.3 is 10.1 Å². The van der Waals surface area contributed by atoms with Gasteiger partial charge in [-0.3, -0.25) is 4.79 Å². The van der Waals surface area contributed by atoms with Crippen LogP contribution < -0.4 is 10.1 Å². The third kappa shape index (κ3) is 1.96. The number of carbonyl (C=O) groups is 1. The van der Waals surface area contributed by atoms with Crippen LogP contribution in [0.5, 0.6) is 5.75 Å². The van der Waals surface area contributed by atoms with E-state index >= 15 is 0 Å². The molecule has 1 unspecified atom stereocenters. The number of hydrogen-bond acceptors (Lipinski definition) is 3. The largest absolute Gasteiger partial charge is 0.493 e. The summed E-state index contributed by atoms with van der Waals surface area (Å²) in [4.78, 5) is 12.9. The van der Waals surface area contributed by atoms with Crippen LogP contribution in [0.1, 0.15) is 36.2 Å². The highest BCUT2D eigenvalue weighted by Gasteiger charge is 2.44. The molecule has 1 N–H and O–H groups in total. The average Bonchev–Trinajstić information content (AvgIpc) is 3.06. The Morgan fingerprint density at radius 2 is 2.26 bits per heavy atom. The van der Waals surface area contributed by atoms with Crippen LogP contribution in [0.25, 0.3) is 0 Å². The molecule has 1 aromatic rings. The second-order valence-electron chi connectivity index (χ2n) is 5.99. The molecule has 3 heteroatoms. The van der Waals surface area contributed by atoms with Gasteiger partial charge in [-0.2, -0.15) is 0 Å². The van der Waals surface area contributed by atoms with Crippen LogP contribution in [-0.4, -0.2) is 25.5 Å². The fourth-order valence-corrected chi connectivity index (χ4v) is 3.28. The van der Waals surface area contributed by atoms with Crippen LogP contribution in [0.15, 0.2) is 18.2 Å². The minimum absolute atomic E-state index is 0.228. The van der Waals surface area contributed by atoms with Gasteiger partial charge in [-0.1, -0.05) is 13.8 Å². The minimum Gasteiger partial charge on any atom is -0.493 e. The highest BCUT2D eigenvalue weighted by molar-refractivity contribution is 6.01. The Morgan fingerprint density at radius 3 is 2.95 bits per heavy atom. The number of rotatable bonds is 3. The highest BCUT2D eigenvalue weighted by Crippen LogP contribution is 2.38. The number of ketones is 1. The van der Waals surface area contributed by atoms with Crippen LogP contribution >= 0.6 is 0 Å². The first-order valence-corrected chi connectivity index (χ1v) is 7.15. The molecule has 2 heterocycles. The van der Waals surface area contributed by atoms with Crippen molar-refractivity contribution in [1.82, 2.24) is 5.32 Å². The first kappa shape index (κ1) is 12.7. The molecule has 2 aliphatic rings. The third-order valence-electron chi connectivity index (χ3n) is 4.70. The van der Waals surface area contributed by atoms with Gasteiger partial charge in [0.1, 0.15) is 5.75 Å². The van der Waals surface area contributed by atoms with Crippen molar-refractivity contribution in [1.29, 1.82) is 0 Å². The quantitative estimate of drug-likeness (QED) is 0.847. The van der Waals surface area contributed by atoms with E-state index in [0.29, 0.717) is 11.7 Å². The lowest BCUT2D eigenvalue weighted by Crippen LogP contribution is -2.38. The average molecular weight is 259 g/mol. The van der Waals surface area contributed by atoms with Crippen LogP contribution in [0.2, 0.25) is 0 Å². The lowest BCUT2D eigenvalue weighted by molar-refractivity contribution is 0.0740. The van der Waals surface area contributed by atoms with Crippen molar-refractivity contribution in [2.75, 3.05) is 19.7 Å². The van der Waals surface area contributed by atoms with Gasteiger partial charge in [0.05, 0.1) is 6.61 Å². The van der Waals surface area contributed by atoms with Crippen molar-refractivity contribution in [2.45, 2.75) is 26.7 Å². The summed E-state index contributed by atoms with van der Waals surface area (Å²) in [7, 11) is 0. The zero-order chi connectivity index (χ0) is 13.5. The fraction of sp³-hybridized carbons (Fsp3) is 0.562. The van der Waals surface area contributed by atoms with E-state index in [9.17, 15) is 4.79 Å². The molecule has 1 saturated heterocycles. The maximum Gasteiger partial charge on any atom is 0.170 e. The Kier molecular flexibility index (Phi) is 3.09. The van der Waals surface area contributed by atoms with Crippen LogP contribution in [0, 0.1) is 11.3 Å². The molecule has 0 bridgehead atoms. The summed E-state index contributed by atoms with van der Waals surface area (Å²) in [5, 5.41) is 3.35. The molecule has 0 spiro atoms. The molecular weight excluding hydrogens is 238 g/mol. The van der Waals surface area contributed by atoms with E-state index in [1.165, 1.54) is 5.56 Å². The summed E-state index contributed by atoms with van der Waals surface area (Å²) in [5.41, 5.74) is 1.80. The molecule has 19 heavy (non-hydrogen) atoms. The van der Waals surface area contributed by atoms with Crippen molar-refractivity contribution >= 4 is 5.78 Å². The summed E-state index contributed by atoms with van der Waals surface area (Å²) in [6.45, 7) is 6.79. The maximum atomic E-state index is 12.9. The zero-order valence-electron chi connectivity index (χ0n) is 11.7. The van der Waals surface area contributed by atoms with E-state index in [0.717, 1.165) is 43.9 Å². The molecule has 3 nitrogen and oxygen atoms in total. The van der Waals surface area contributed by atoms with Crippen molar-refractivity contribution < 1.29 is 9.53 Å². The van der Waals surface area contributed by atoms with Crippen molar-refractivity contribution in [3.05, 3.63) is 29.3 Å². The van der Waals surface area contributed by atoms with E-state index < -0.39 is 0 Å². The van der Waals surface area contributed by atoms with Gasteiger partial charge in [0.25, 0.3) is 0 Å². The Morgan fingerprint density at radius 1 is 1.42 bits per heavy atom. The number of carbonyl (C=O) groups excluding carboxylic acids is 1. The summed E-state index contributed by atoms with van der Waals surface area (Å²) in [6.07, 6.45) is 1.86. The summed E-state index contributed by atoms with van der Waals surface area (Å²) in [5.74, 6) is 1.60. The number of Topliss-reactive ketones (excluding diaryl/α,β-unsaturated/α-hetero) is 1. The lowest BCUT2D eigenvalue weighted by atomic mass is 9.71. The van der Waals surface area contributed by atoms with Gasteiger partial charge in [-0.05, 0) is 42.6 Å². The first-order valence-electron chi connectivity index (χ1n) is 7.15. The van der Waals surface area contributed by atoms with E-state index in [4.69, 9.17) is 4.74 Å². The summed E-state index contributed by atoms with van der Waals surface area (Å²) in [6, 6.07) is 5.91. The lowest BCUT2D eigenvalue weighted by Gasteiger charge is -2.31. The standard InChI is InChI=1S/C16H21NO2/c1-11(2)16(6-7-17-10-16)15(18)13-3-4-14-12(9-13)5-8-19-14/h3-4,9,11,17H,5-8,10H2,1-2H3. The van der Waals surface area contributed by atoms with Crippen molar-refractivity contribution in [3.8, 4) is 5.75 Å². The van der Waals surface area contributed by atoms with Gasteiger partial charge in [0, 0.05) is 23.9 Å². The number of fused-ring (bicyclic) bond motifs is 1. The van der Waals surface area contributed by atoms with Gasteiger partial charge in [-0.15, -0.1) is 0 Å². The monoisotopic (exact) mass is 259 g/mol. The highest BCUT2D eigenvalue weighted by atomic mass is 16.5. The molecule has 1 aromatic carbocycles. The molecule has 1 fully saturated rings. The maximum absolute atomic E-state index is 12.9. The van der Waals surface area contributed by atoms with E-state index in [2.05, 4.69) is 19.2 Å². The van der Waals surface area contributed by atoms with Crippen molar-refractivity contribution in [2.24, 2.45) is 11.3 Å². The normalized spacial score (nSPS) is 25.4. The van der Waals surface area contributed by atoms with E-state index in [-0.39, 0.29) is 5.41 Å². The molecule has 0 amide bonds. The molecule has 102 valence electrons. The molecule has 1 atom stereocenters. The second-order valence-corrected chi connectivity index (χ2v) is 5.99. The van der Waals surface area contributed by atoms with Crippen LogP contribution in [0.3, 0.4) is 0 Å². The van der Waals surface area contributed by atoms with E-state index in [1.807, 2.05) is 18.2 Å². The van der Waals surface area contributed by atoms with Gasteiger partial charge in [0.2, 0.25) is 0 Å². The fourth-order valence-electron chi connectivity index (χ4n) is 3.28. The van der Waals surface area contributed by atoms with Gasteiger partial charge in [0.15, 0.2) is 5.78 Å². The Labute approximate surface area is 114 Å². The predicted molar refractivity (Wildman–Crippen MR) is 74.7 cm³/mol. The third-order valence-corrected chi connectivity index (χ3v) is 4.70. The molecule has 0 saturated carbocycles. The SMILES string of the molecule is CC(C)C1(C(=O)c2ccc3c(c2)CCO3)CCNC1. The molecule has 3 rings (SSSR count). The molecule has 0 radical (unpaired) electrons. The molecular formula is C16H21NO2. The number of nitrogens with one attached hydrogen (secondary N) is 1. The second kappa shape index (κ2) is 4.64. The topological polar surface area (TPSA) is 38.3 Å². The van der Waals surface area contributed by atoms with Crippen LogP contribution in [-0.2, 0) is 6.42 Å². The van der Waals surface area contributed by atoms with E-state index in [1.54, 1.807) is 0 Å². The smallest absolute Gasteiger partial charge is 0.170 e. The Bertz CT molecular complexity index is 501. The molecule has 0 aromatic heterocycles. The Balaban J connectivity index is 1.95. The number of ether oxygens (including phenoxy) is 1. The number of hydrogen-bond donors (Lipinski definition) is 1. The minimum atomic E-state index is -0.228. The first-order chi connectivity index (χ1) is 9.13. The number of benzene rings is 1. The Hall–Kier alpha value is -1.35. The van der Waals surface area contributed by atoms with Gasteiger partial charge in [-0.25, -0.2) is 0 Å². The zero-order valence-corrected chi connectivity index (χ0v) is 11.7. The van der Waals surface area contributed by atoms with Crippen LogP contribution in [0.4, 0.5) is 0 Å². The van der Waals surface area contributed by atoms with Gasteiger partial charge >= 0.3 is 0 Å². The summed E-state index contributed by atoms with van der Waals surface area (Å²) < 4.78 is 5.51.